The van der Waals surface area contributed by atoms with E-state index < -0.39 is 8.80 Å². The topological polar surface area (TPSA) is 34.2 Å². The molecule has 5 nitrogen and oxygen atoms in total. The molecular weight excluding hydrogens is 549 g/mol. The number of aryl methyl sites for hydroxylation is 1. The molecule has 0 unspecified atom stereocenters. The zero-order chi connectivity index (χ0) is 30.1. The van der Waals surface area contributed by atoms with Crippen LogP contribution in [0.5, 0.6) is 0 Å². The van der Waals surface area contributed by atoms with Crippen molar-refractivity contribution in [2.24, 2.45) is 0 Å². The molecule has 43 heavy (non-hydrogen) atoms. The molecule has 5 rings (SSSR count). The summed E-state index contributed by atoms with van der Waals surface area (Å²) in [5, 5.41) is 0.960. The minimum atomic E-state index is -3.00. The third-order valence-electron chi connectivity index (χ3n) is 7.17. The highest BCUT2D eigenvalue weighted by Crippen LogP contribution is 2.38. The van der Waals surface area contributed by atoms with Gasteiger partial charge in [-0.05, 0) is 100 Å². The first-order valence-corrected chi connectivity index (χ1v) is 16.7. The van der Waals surface area contributed by atoms with E-state index in [0.29, 0.717) is 19.8 Å². The first kappa shape index (κ1) is 30.3. The van der Waals surface area contributed by atoms with Gasteiger partial charge in [-0.15, -0.1) is 0 Å². The van der Waals surface area contributed by atoms with Crippen molar-refractivity contribution in [2.75, 3.05) is 29.6 Å². The molecule has 0 amide bonds. The van der Waals surface area contributed by atoms with E-state index in [0.717, 1.165) is 39.3 Å². The summed E-state index contributed by atoms with van der Waals surface area (Å²) in [6.07, 6.45) is 0. The third-order valence-corrected chi connectivity index (χ3v) is 10.2. The average Bonchev–Trinajstić information content (AvgIpc) is 3.05. The molecule has 0 aliphatic rings. The molecule has 0 N–H and O–H groups in total. The van der Waals surface area contributed by atoms with Gasteiger partial charge in [0, 0.05) is 59.1 Å². The number of rotatable bonds is 13. The van der Waals surface area contributed by atoms with Crippen LogP contribution in [0.2, 0.25) is 0 Å². The van der Waals surface area contributed by atoms with Gasteiger partial charge in [-0.3, -0.25) is 0 Å². The molecular formula is C37H40N2O3Si. The van der Waals surface area contributed by atoms with Gasteiger partial charge in [0.1, 0.15) is 0 Å². The minimum Gasteiger partial charge on any atom is -0.370 e. The van der Waals surface area contributed by atoms with Crippen molar-refractivity contribution in [1.29, 1.82) is 0 Å². The van der Waals surface area contributed by atoms with Crippen LogP contribution in [0.15, 0.2) is 133 Å². The fraction of sp³-hybridized carbons (Fsp3) is 0.189. The number of hydrogen-bond donors (Lipinski definition) is 0. The number of hydrogen-bond acceptors (Lipinski definition) is 5. The van der Waals surface area contributed by atoms with Crippen LogP contribution in [0.3, 0.4) is 0 Å². The number of para-hydroxylation sites is 2. The van der Waals surface area contributed by atoms with Gasteiger partial charge in [0.15, 0.2) is 0 Å². The Labute approximate surface area is 257 Å². The van der Waals surface area contributed by atoms with Crippen molar-refractivity contribution in [2.45, 2.75) is 27.7 Å². The molecule has 0 saturated heterocycles. The summed E-state index contributed by atoms with van der Waals surface area (Å²) in [4.78, 5) is 4.54. The molecule has 0 fully saturated rings. The van der Waals surface area contributed by atoms with Crippen LogP contribution in [-0.4, -0.2) is 28.6 Å². The largest absolute Gasteiger partial charge is 0.537 e. The molecule has 0 radical (unpaired) electrons. The fourth-order valence-corrected chi connectivity index (χ4v) is 7.72. The van der Waals surface area contributed by atoms with Crippen molar-refractivity contribution in [1.82, 2.24) is 0 Å². The lowest BCUT2D eigenvalue weighted by Crippen LogP contribution is -2.56. The van der Waals surface area contributed by atoms with Gasteiger partial charge in [0.05, 0.1) is 0 Å². The van der Waals surface area contributed by atoms with Crippen molar-refractivity contribution in [3.8, 4) is 0 Å². The van der Waals surface area contributed by atoms with Crippen LogP contribution in [0.4, 0.5) is 34.1 Å². The second kappa shape index (κ2) is 14.3. The van der Waals surface area contributed by atoms with Crippen molar-refractivity contribution >= 4 is 48.1 Å². The van der Waals surface area contributed by atoms with E-state index in [1.165, 1.54) is 5.56 Å². The van der Waals surface area contributed by atoms with E-state index in [1.807, 2.05) is 32.9 Å². The highest BCUT2D eigenvalue weighted by Gasteiger charge is 2.43. The Balaban J connectivity index is 1.53. The van der Waals surface area contributed by atoms with Crippen molar-refractivity contribution in [3.63, 3.8) is 0 Å². The first-order valence-electron chi connectivity index (χ1n) is 15.0. The number of benzene rings is 5. The summed E-state index contributed by atoms with van der Waals surface area (Å²) < 4.78 is 18.5. The van der Waals surface area contributed by atoms with E-state index in [-0.39, 0.29) is 0 Å². The molecule has 5 aromatic carbocycles. The molecule has 0 saturated carbocycles. The number of nitrogens with zero attached hydrogens (tertiary/aromatic N) is 2. The first-order chi connectivity index (χ1) is 21.1. The van der Waals surface area contributed by atoms with E-state index in [9.17, 15) is 0 Å². The highest BCUT2D eigenvalue weighted by molar-refractivity contribution is 6.75. The maximum Gasteiger partial charge on any atom is 0.537 e. The summed E-state index contributed by atoms with van der Waals surface area (Å²) in [5.41, 5.74) is 7.72. The maximum atomic E-state index is 6.16. The van der Waals surface area contributed by atoms with Crippen LogP contribution >= 0.6 is 0 Å². The molecule has 0 heterocycles. The highest BCUT2D eigenvalue weighted by atomic mass is 28.4. The average molecular weight is 589 g/mol. The van der Waals surface area contributed by atoms with Crippen LogP contribution in [0.25, 0.3) is 0 Å². The fourth-order valence-electron chi connectivity index (χ4n) is 5.25. The molecule has 0 aliphatic carbocycles. The second-order valence-electron chi connectivity index (χ2n) is 10.1. The lowest BCUT2D eigenvalue weighted by atomic mass is 10.1. The van der Waals surface area contributed by atoms with Crippen LogP contribution < -0.4 is 15.0 Å². The van der Waals surface area contributed by atoms with Gasteiger partial charge >= 0.3 is 8.80 Å². The molecule has 0 spiro atoms. The Morgan fingerprint density at radius 2 is 0.721 bits per heavy atom. The van der Waals surface area contributed by atoms with E-state index in [1.54, 1.807) is 0 Å². The quantitative estimate of drug-likeness (QED) is 0.128. The van der Waals surface area contributed by atoms with Gasteiger partial charge in [-0.2, -0.15) is 0 Å². The Morgan fingerprint density at radius 3 is 1.07 bits per heavy atom. The lowest BCUT2D eigenvalue weighted by molar-refractivity contribution is 0.0859. The van der Waals surface area contributed by atoms with Gasteiger partial charge in [0.2, 0.25) is 0 Å². The molecule has 0 bridgehead atoms. The molecule has 0 aliphatic heterocycles. The predicted molar refractivity (Wildman–Crippen MR) is 181 cm³/mol. The Bertz CT molecular complexity index is 1530. The molecule has 0 atom stereocenters. The Kier molecular flexibility index (Phi) is 10.1. The Morgan fingerprint density at radius 1 is 0.419 bits per heavy atom. The SMILES string of the molecule is CCO[Si](OCC)(OCC)c1ccc(N(c2ccccc2)c2ccc(N(c3ccccc3)c3ccc(C)cc3)cc2)cc1. The van der Waals surface area contributed by atoms with E-state index in [2.05, 4.69) is 138 Å². The van der Waals surface area contributed by atoms with Gasteiger partial charge in [0.25, 0.3) is 0 Å². The number of anilines is 6. The van der Waals surface area contributed by atoms with Gasteiger partial charge in [-0.25, -0.2) is 0 Å². The zero-order valence-corrected chi connectivity index (χ0v) is 26.4. The molecule has 6 heteroatoms. The van der Waals surface area contributed by atoms with E-state index in [4.69, 9.17) is 13.3 Å². The maximum absolute atomic E-state index is 6.16. The van der Waals surface area contributed by atoms with Crippen molar-refractivity contribution < 1.29 is 13.3 Å². The zero-order valence-electron chi connectivity index (χ0n) is 25.4. The molecule has 5 aromatic rings. The van der Waals surface area contributed by atoms with Crippen LogP contribution in [-0.2, 0) is 13.3 Å². The van der Waals surface area contributed by atoms with Gasteiger partial charge in [-0.1, -0.05) is 66.2 Å². The van der Waals surface area contributed by atoms with Gasteiger partial charge < -0.3 is 23.1 Å². The summed E-state index contributed by atoms with van der Waals surface area (Å²) >= 11 is 0. The molecule has 220 valence electrons. The third kappa shape index (κ3) is 6.90. The van der Waals surface area contributed by atoms with Crippen molar-refractivity contribution in [3.05, 3.63) is 139 Å². The lowest BCUT2D eigenvalue weighted by Gasteiger charge is -2.30. The predicted octanol–water partition coefficient (Wildman–Crippen LogP) is 9.19. The summed E-state index contributed by atoms with van der Waals surface area (Å²) in [5.74, 6) is 0. The van der Waals surface area contributed by atoms with Crippen LogP contribution in [0.1, 0.15) is 26.3 Å². The van der Waals surface area contributed by atoms with Crippen LogP contribution in [0, 0.1) is 6.92 Å². The summed E-state index contributed by atoms with van der Waals surface area (Å²) in [6, 6.07) is 46.7. The molecule has 0 aromatic heterocycles. The minimum absolute atomic E-state index is 0.527. The normalized spacial score (nSPS) is 11.3. The second-order valence-corrected chi connectivity index (χ2v) is 12.7. The monoisotopic (exact) mass is 588 g/mol. The smallest absolute Gasteiger partial charge is 0.370 e. The summed E-state index contributed by atoms with van der Waals surface area (Å²) in [7, 11) is -3.00. The summed E-state index contributed by atoms with van der Waals surface area (Å²) in [6.45, 7) is 9.63. The van der Waals surface area contributed by atoms with E-state index >= 15 is 0 Å². The Hall–Kier alpha value is -4.20. The standard InChI is InChI=1S/C37H40N2O3Si/c1-5-40-43(41-6-2,42-7-3)37-28-26-36(27-29-37)39(32-16-12-9-13-17-32)35-24-22-34(23-25-35)38(31-14-10-8-11-15-31)33-20-18-30(4)19-21-33/h8-29H,5-7H2,1-4H3.